The standard InChI is InChI=1S/C15H15BrClN5O/c1-20-15(23)13(17)12(6-19-20)21-7-9-5-10(8-21)22(9)14-11(16)3-2-4-18-14/h2-4,6,9-10H,5,7-8H2,1H3. The van der Waals surface area contributed by atoms with Crippen LogP contribution in [0.25, 0.3) is 0 Å². The van der Waals surface area contributed by atoms with Crippen molar-refractivity contribution in [1.82, 2.24) is 14.8 Å². The summed E-state index contributed by atoms with van der Waals surface area (Å²) in [5.41, 5.74) is 0.469. The fourth-order valence-corrected chi connectivity index (χ4v) is 4.19. The minimum Gasteiger partial charge on any atom is -0.365 e. The Labute approximate surface area is 146 Å². The lowest BCUT2D eigenvalue weighted by Crippen LogP contribution is -2.69. The van der Waals surface area contributed by atoms with Gasteiger partial charge in [-0.3, -0.25) is 4.79 Å². The van der Waals surface area contributed by atoms with E-state index in [1.807, 2.05) is 18.3 Å². The first-order valence-electron chi connectivity index (χ1n) is 7.42. The van der Waals surface area contributed by atoms with Crippen molar-refractivity contribution in [2.75, 3.05) is 22.9 Å². The highest BCUT2D eigenvalue weighted by molar-refractivity contribution is 9.10. The number of piperazine rings is 1. The Balaban J connectivity index is 1.60. The van der Waals surface area contributed by atoms with Crippen molar-refractivity contribution in [1.29, 1.82) is 0 Å². The van der Waals surface area contributed by atoms with E-state index >= 15 is 0 Å². The van der Waals surface area contributed by atoms with Gasteiger partial charge in [-0.25, -0.2) is 9.67 Å². The van der Waals surface area contributed by atoms with Gasteiger partial charge in [0, 0.05) is 26.3 Å². The summed E-state index contributed by atoms with van der Waals surface area (Å²) in [4.78, 5) is 21.0. The molecule has 0 aliphatic carbocycles. The van der Waals surface area contributed by atoms with Gasteiger partial charge < -0.3 is 9.80 Å². The summed E-state index contributed by atoms with van der Waals surface area (Å²) in [6.07, 6.45) is 4.62. The van der Waals surface area contributed by atoms with Gasteiger partial charge in [0.2, 0.25) is 0 Å². The molecule has 0 spiro atoms. The van der Waals surface area contributed by atoms with Gasteiger partial charge in [-0.05, 0) is 34.5 Å². The van der Waals surface area contributed by atoms with Crippen LogP contribution in [0.4, 0.5) is 11.5 Å². The van der Waals surface area contributed by atoms with Crippen LogP contribution in [0.15, 0.2) is 33.8 Å². The van der Waals surface area contributed by atoms with Crippen LogP contribution < -0.4 is 15.4 Å². The SMILES string of the molecule is Cn1ncc(N2CC3CC(C2)N3c2ncccc2Br)c(Cl)c1=O. The van der Waals surface area contributed by atoms with Gasteiger partial charge in [-0.2, -0.15) is 5.10 Å². The maximum absolute atomic E-state index is 12.0. The zero-order valence-corrected chi connectivity index (χ0v) is 14.8. The van der Waals surface area contributed by atoms with E-state index in [9.17, 15) is 4.79 Å². The van der Waals surface area contributed by atoms with Crippen LogP contribution in [-0.2, 0) is 7.05 Å². The molecule has 5 rings (SSSR count). The molecule has 8 heteroatoms. The average molecular weight is 397 g/mol. The number of aryl methyl sites for hydroxylation is 1. The molecule has 120 valence electrons. The molecule has 3 aliphatic rings. The van der Waals surface area contributed by atoms with Crippen molar-refractivity contribution < 1.29 is 0 Å². The molecule has 5 heterocycles. The lowest BCUT2D eigenvalue weighted by atomic mass is 9.87. The van der Waals surface area contributed by atoms with E-state index in [4.69, 9.17) is 11.6 Å². The number of halogens is 2. The molecule has 2 bridgehead atoms. The zero-order valence-electron chi connectivity index (χ0n) is 12.5. The Morgan fingerprint density at radius 3 is 2.78 bits per heavy atom. The number of fused-ring (bicyclic) bond motifs is 2. The molecule has 3 aliphatic heterocycles. The molecule has 2 aromatic heterocycles. The predicted octanol–water partition coefficient (Wildman–Crippen LogP) is 2.06. The van der Waals surface area contributed by atoms with Crippen LogP contribution in [0, 0.1) is 0 Å². The lowest BCUT2D eigenvalue weighted by Gasteiger charge is -2.57. The highest BCUT2D eigenvalue weighted by Crippen LogP contribution is 2.40. The summed E-state index contributed by atoms with van der Waals surface area (Å²) in [7, 11) is 1.60. The molecule has 0 N–H and O–H groups in total. The fraction of sp³-hybridized carbons (Fsp3) is 0.400. The zero-order chi connectivity index (χ0) is 16.1. The van der Waals surface area contributed by atoms with E-state index in [2.05, 4.69) is 35.8 Å². The molecule has 0 aromatic carbocycles. The molecule has 0 saturated carbocycles. The summed E-state index contributed by atoms with van der Waals surface area (Å²) >= 11 is 9.80. The number of anilines is 2. The third-order valence-corrected chi connectivity index (χ3v) is 5.55. The van der Waals surface area contributed by atoms with Gasteiger partial charge in [-0.1, -0.05) is 11.6 Å². The summed E-state index contributed by atoms with van der Waals surface area (Å²) in [6.45, 7) is 1.63. The topological polar surface area (TPSA) is 54.3 Å². The van der Waals surface area contributed by atoms with E-state index in [-0.39, 0.29) is 10.6 Å². The summed E-state index contributed by atoms with van der Waals surface area (Å²) in [6, 6.07) is 4.68. The third-order valence-electron chi connectivity index (χ3n) is 4.58. The van der Waals surface area contributed by atoms with Crippen LogP contribution in [0.5, 0.6) is 0 Å². The Kier molecular flexibility index (Phi) is 3.57. The number of hydrogen-bond acceptors (Lipinski definition) is 5. The first-order valence-corrected chi connectivity index (χ1v) is 8.59. The van der Waals surface area contributed by atoms with Crippen molar-refractivity contribution in [2.24, 2.45) is 7.05 Å². The van der Waals surface area contributed by atoms with Gasteiger partial charge >= 0.3 is 0 Å². The minimum absolute atomic E-state index is 0.245. The quantitative estimate of drug-likeness (QED) is 0.778. The molecule has 23 heavy (non-hydrogen) atoms. The van der Waals surface area contributed by atoms with Crippen LogP contribution in [0.2, 0.25) is 5.02 Å². The minimum atomic E-state index is -0.257. The van der Waals surface area contributed by atoms with E-state index in [1.165, 1.54) is 4.68 Å². The second kappa shape index (κ2) is 5.49. The lowest BCUT2D eigenvalue weighted by molar-refractivity contribution is 0.288. The summed E-state index contributed by atoms with van der Waals surface area (Å²) < 4.78 is 2.27. The van der Waals surface area contributed by atoms with Crippen LogP contribution >= 0.6 is 27.5 Å². The Morgan fingerprint density at radius 2 is 2.09 bits per heavy atom. The number of rotatable bonds is 2. The molecule has 0 radical (unpaired) electrons. The molecular weight excluding hydrogens is 382 g/mol. The number of aromatic nitrogens is 3. The van der Waals surface area contributed by atoms with Crippen molar-refractivity contribution in [2.45, 2.75) is 18.5 Å². The summed E-state index contributed by atoms with van der Waals surface area (Å²) in [5, 5.41) is 4.34. The van der Waals surface area contributed by atoms with Crippen molar-refractivity contribution in [3.63, 3.8) is 0 Å². The molecule has 2 unspecified atom stereocenters. The van der Waals surface area contributed by atoms with Crippen molar-refractivity contribution >= 4 is 39.0 Å². The average Bonchev–Trinajstić information content (AvgIpc) is 2.55. The van der Waals surface area contributed by atoms with Crippen LogP contribution in [0.1, 0.15) is 6.42 Å². The predicted molar refractivity (Wildman–Crippen MR) is 93.3 cm³/mol. The van der Waals surface area contributed by atoms with Gasteiger partial charge in [0.05, 0.1) is 28.4 Å². The second-order valence-corrected chi connectivity index (χ2v) is 7.17. The number of piperidine rings is 1. The highest BCUT2D eigenvalue weighted by Gasteiger charge is 2.46. The second-order valence-electron chi connectivity index (χ2n) is 5.94. The molecule has 0 amide bonds. The van der Waals surface area contributed by atoms with E-state index in [0.717, 1.165) is 35.5 Å². The number of nitrogens with zero attached hydrogens (tertiary/aromatic N) is 5. The first kappa shape index (κ1) is 15.0. The normalized spacial score (nSPS) is 22.9. The van der Waals surface area contributed by atoms with E-state index < -0.39 is 0 Å². The van der Waals surface area contributed by atoms with Crippen molar-refractivity contribution in [3.05, 3.63) is 44.4 Å². The molecule has 2 aromatic rings. The van der Waals surface area contributed by atoms with Crippen molar-refractivity contribution in [3.8, 4) is 0 Å². The largest absolute Gasteiger partial charge is 0.365 e. The highest BCUT2D eigenvalue weighted by atomic mass is 79.9. The summed E-state index contributed by atoms with van der Waals surface area (Å²) in [5.74, 6) is 0.988. The Morgan fingerprint density at radius 1 is 1.35 bits per heavy atom. The Bertz CT molecular complexity index is 814. The van der Waals surface area contributed by atoms with Gasteiger partial charge in [-0.15, -0.1) is 0 Å². The van der Waals surface area contributed by atoms with Crippen LogP contribution in [-0.4, -0.2) is 39.9 Å². The van der Waals surface area contributed by atoms with E-state index in [1.54, 1.807) is 13.2 Å². The monoisotopic (exact) mass is 395 g/mol. The number of hydrogen-bond donors (Lipinski definition) is 0. The molecule has 3 saturated heterocycles. The van der Waals surface area contributed by atoms with Gasteiger partial charge in [0.1, 0.15) is 10.8 Å². The van der Waals surface area contributed by atoms with E-state index in [0.29, 0.717) is 12.1 Å². The number of pyridine rings is 1. The first-order chi connectivity index (χ1) is 11.1. The smallest absolute Gasteiger partial charge is 0.287 e. The molecule has 3 fully saturated rings. The van der Waals surface area contributed by atoms with Gasteiger partial charge in [0.15, 0.2) is 0 Å². The maximum atomic E-state index is 12.0. The third kappa shape index (κ3) is 2.33. The molecule has 2 atom stereocenters. The van der Waals surface area contributed by atoms with Crippen LogP contribution in [0.3, 0.4) is 0 Å². The Hall–Kier alpha value is -1.60. The fourth-order valence-electron chi connectivity index (χ4n) is 3.44. The van der Waals surface area contributed by atoms with Gasteiger partial charge in [0.25, 0.3) is 5.56 Å². The molecule has 6 nitrogen and oxygen atoms in total. The molecular formula is C15H15BrClN5O. The maximum Gasteiger partial charge on any atom is 0.287 e.